The number of hydrogen-bond donors (Lipinski definition) is 4. The number of rotatable bonds is 2. The van der Waals surface area contributed by atoms with Gasteiger partial charge in [-0.3, -0.25) is 18.7 Å². The Morgan fingerprint density at radius 1 is 1.17 bits per heavy atom. The minimum atomic E-state index is -4.38. The molecule has 0 saturated carbocycles. The minimum Gasteiger partial charge on any atom is -0.465 e. The van der Waals surface area contributed by atoms with Gasteiger partial charge >= 0.3 is 13.7 Å². The van der Waals surface area contributed by atoms with Gasteiger partial charge in [0.15, 0.2) is 23.2 Å². The van der Waals surface area contributed by atoms with Gasteiger partial charge in [-0.1, -0.05) is 18.2 Å². The molecule has 226 valence electrons. The van der Waals surface area contributed by atoms with E-state index in [2.05, 4.69) is 25.4 Å². The van der Waals surface area contributed by atoms with Crippen LogP contribution in [-0.2, 0) is 28.2 Å². The number of esters is 1. The number of para-hydroxylation sites is 1. The van der Waals surface area contributed by atoms with Gasteiger partial charge in [-0.15, -0.1) is 0 Å². The molecule has 2 aliphatic heterocycles. The van der Waals surface area contributed by atoms with Crippen LogP contribution < -0.4 is 14.9 Å². The van der Waals surface area contributed by atoms with E-state index < -0.39 is 50.7 Å². The molecule has 1 unspecified atom stereocenters. The summed E-state index contributed by atoms with van der Waals surface area (Å²) in [7, 11) is -4.38. The van der Waals surface area contributed by atoms with Gasteiger partial charge in [0.1, 0.15) is 30.3 Å². The maximum absolute atomic E-state index is 15.6. The minimum absolute atomic E-state index is 0.00488. The molecule has 0 radical (unpaired) electrons. The second-order valence-electron chi connectivity index (χ2n) is 9.82. The zero-order valence-electron chi connectivity index (χ0n) is 22.5. The van der Waals surface area contributed by atoms with Gasteiger partial charge in [0.25, 0.3) is 5.85 Å². The van der Waals surface area contributed by atoms with E-state index in [4.69, 9.17) is 18.5 Å². The highest BCUT2D eigenvalue weighted by molar-refractivity contribution is 7.52. The molecule has 4 heterocycles. The number of alkyl halides is 1. The third-order valence-electron chi connectivity index (χ3n) is 6.66. The standard InChI is InChI=1S/C25H30FN6O9P/c1-15-23(35)38-11-7-3-6-10-18(33)30-21-19-22(28-13-27-21)32(14-29-19)24-25(26,36)20(34)17(40-24)12-39-42(37,31-15)41-16-8-4-2-5-9-16/h2,4-5,8-9,13-15,17,20,24,34,36H,3,6-7,10-12H2,1H3,(H,31,37)(H,27,28,30,33)/t15-,17-,20-,24-,25-,42?/m1/s1. The first-order valence-electron chi connectivity index (χ1n) is 13.2. The van der Waals surface area contributed by atoms with Crippen molar-refractivity contribution in [3.05, 3.63) is 43.0 Å². The van der Waals surface area contributed by atoms with Gasteiger partial charge in [0.05, 0.1) is 19.5 Å². The number of cyclic esters (lactones) is 1. The van der Waals surface area contributed by atoms with E-state index in [0.717, 1.165) is 17.2 Å². The Hall–Kier alpha value is -3.53. The maximum Gasteiger partial charge on any atom is 0.459 e. The van der Waals surface area contributed by atoms with Crippen molar-refractivity contribution < 1.29 is 47.3 Å². The number of imidazole rings is 1. The van der Waals surface area contributed by atoms with E-state index in [0.29, 0.717) is 19.3 Å². The quantitative estimate of drug-likeness (QED) is 0.244. The number of nitrogens with one attached hydrogen (secondary N) is 2. The fraction of sp³-hybridized carbons (Fsp3) is 0.480. The second-order valence-corrected chi connectivity index (χ2v) is 11.5. The third kappa shape index (κ3) is 6.43. The Kier molecular flexibility index (Phi) is 8.82. The average molecular weight is 609 g/mol. The van der Waals surface area contributed by atoms with E-state index in [1.165, 1.54) is 19.1 Å². The van der Waals surface area contributed by atoms with Crippen LogP contribution in [0, 0.1) is 0 Å². The highest BCUT2D eigenvalue weighted by atomic mass is 31.2. The number of carbonyl (C=O) groups is 2. The summed E-state index contributed by atoms with van der Waals surface area (Å²) in [5.74, 6) is -4.27. The molecule has 6 bridgehead atoms. The van der Waals surface area contributed by atoms with E-state index in [1.54, 1.807) is 18.2 Å². The van der Waals surface area contributed by atoms with Crippen molar-refractivity contribution in [1.82, 2.24) is 24.6 Å². The molecule has 6 atom stereocenters. The lowest BCUT2D eigenvalue weighted by Crippen LogP contribution is -2.43. The van der Waals surface area contributed by atoms with Crippen molar-refractivity contribution >= 4 is 36.6 Å². The zero-order valence-corrected chi connectivity index (χ0v) is 23.4. The van der Waals surface area contributed by atoms with Crippen molar-refractivity contribution in [2.75, 3.05) is 18.5 Å². The van der Waals surface area contributed by atoms with Gasteiger partial charge in [0.2, 0.25) is 5.91 Å². The number of amides is 1. The summed E-state index contributed by atoms with van der Waals surface area (Å²) in [6, 6.07) is 6.80. The fourth-order valence-electron chi connectivity index (χ4n) is 4.48. The number of nitrogens with zero attached hydrogens (tertiary/aromatic N) is 4. The number of benzene rings is 1. The number of halogens is 1. The van der Waals surface area contributed by atoms with Gasteiger partial charge in [-0.25, -0.2) is 23.9 Å². The van der Waals surface area contributed by atoms with E-state index in [9.17, 15) is 24.4 Å². The van der Waals surface area contributed by atoms with Crippen molar-refractivity contribution in [1.29, 1.82) is 0 Å². The summed E-state index contributed by atoms with van der Waals surface area (Å²) in [6.07, 6.45) is -1.69. The lowest BCUT2D eigenvalue weighted by molar-refractivity contribution is -0.195. The van der Waals surface area contributed by atoms with Crippen LogP contribution in [-0.4, -0.2) is 78.9 Å². The largest absolute Gasteiger partial charge is 0.465 e. The lowest BCUT2D eigenvalue weighted by atomic mass is 10.1. The van der Waals surface area contributed by atoms with Crippen LogP contribution in [0.15, 0.2) is 43.0 Å². The van der Waals surface area contributed by atoms with Crippen molar-refractivity contribution in [2.24, 2.45) is 0 Å². The normalized spacial score (nSPS) is 31.7. The van der Waals surface area contributed by atoms with E-state index in [-0.39, 0.29) is 41.7 Å². The number of fused-ring (bicyclic) bond motifs is 3. The Bertz CT molecular complexity index is 1480. The molecule has 1 saturated heterocycles. The molecular weight excluding hydrogens is 578 g/mol. The number of ether oxygens (including phenoxy) is 2. The number of aliphatic hydroxyl groups is 2. The first-order chi connectivity index (χ1) is 20.1. The van der Waals surface area contributed by atoms with E-state index >= 15 is 4.39 Å². The molecule has 17 heteroatoms. The average Bonchev–Trinajstić information content (AvgIpc) is 3.48. The Balaban J connectivity index is 1.45. The molecule has 42 heavy (non-hydrogen) atoms. The van der Waals surface area contributed by atoms with Crippen LogP contribution in [0.1, 0.15) is 38.8 Å². The van der Waals surface area contributed by atoms with Crippen LogP contribution >= 0.6 is 7.75 Å². The summed E-state index contributed by atoms with van der Waals surface area (Å²) in [6.45, 7) is 0.717. The molecule has 2 aliphatic rings. The molecule has 2 aromatic heterocycles. The molecule has 0 aliphatic carbocycles. The Morgan fingerprint density at radius 3 is 2.74 bits per heavy atom. The number of anilines is 1. The molecule has 4 N–H and O–H groups in total. The predicted molar refractivity (Wildman–Crippen MR) is 143 cm³/mol. The van der Waals surface area contributed by atoms with Crippen LogP contribution in [0.4, 0.5) is 10.2 Å². The molecule has 1 fully saturated rings. The fourth-order valence-corrected chi connectivity index (χ4v) is 5.98. The van der Waals surface area contributed by atoms with Crippen LogP contribution in [0.5, 0.6) is 5.75 Å². The molecule has 1 amide bonds. The summed E-state index contributed by atoms with van der Waals surface area (Å²) >= 11 is 0. The molecule has 3 aromatic rings. The zero-order chi connectivity index (χ0) is 29.9. The van der Waals surface area contributed by atoms with Crippen molar-refractivity contribution in [3.8, 4) is 5.75 Å². The van der Waals surface area contributed by atoms with Crippen molar-refractivity contribution in [3.63, 3.8) is 0 Å². The molecule has 1 aromatic carbocycles. The molecular formula is C25H30FN6O9P. The molecule has 0 spiro atoms. The summed E-state index contributed by atoms with van der Waals surface area (Å²) < 4.78 is 52.3. The van der Waals surface area contributed by atoms with Gasteiger partial charge in [-0.05, 0) is 38.3 Å². The van der Waals surface area contributed by atoms with Crippen LogP contribution in [0.3, 0.4) is 0 Å². The number of aliphatic hydroxyl groups excluding tert-OH is 1. The smallest absolute Gasteiger partial charge is 0.459 e. The van der Waals surface area contributed by atoms with Crippen LogP contribution in [0.2, 0.25) is 0 Å². The monoisotopic (exact) mass is 608 g/mol. The maximum atomic E-state index is 15.6. The lowest BCUT2D eigenvalue weighted by Gasteiger charge is -2.24. The Labute approximate surface area is 238 Å². The van der Waals surface area contributed by atoms with Crippen molar-refractivity contribution in [2.45, 2.75) is 62.9 Å². The first-order valence-corrected chi connectivity index (χ1v) is 14.8. The van der Waals surface area contributed by atoms with E-state index in [1.807, 2.05) is 0 Å². The van der Waals surface area contributed by atoms with Gasteiger partial charge in [0, 0.05) is 6.42 Å². The first kappa shape index (κ1) is 29.9. The molecule has 5 rings (SSSR count). The summed E-state index contributed by atoms with van der Waals surface area (Å²) in [5.41, 5.74) is 0.0986. The van der Waals surface area contributed by atoms with Gasteiger partial charge < -0.3 is 29.5 Å². The second kappa shape index (κ2) is 12.4. The summed E-state index contributed by atoms with van der Waals surface area (Å²) in [5, 5.41) is 26.4. The summed E-state index contributed by atoms with van der Waals surface area (Å²) in [4.78, 5) is 37.4. The predicted octanol–water partition coefficient (Wildman–Crippen LogP) is 1.98. The Morgan fingerprint density at radius 2 is 1.95 bits per heavy atom. The molecule has 15 nitrogen and oxygen atoms in total. The topological polar surface area (TPSA) is 196 Å². The third-order valence-corrected chi connectivity index (χ3v) is 8.31. The van der Waals surface area contributed by atoms with Crippen LogP contribution in [0.25, 0.3) is 11.2 Å². The number of hydrogen-bond acceptors (Lipinski definition) is 12. The highest BCUT2D eigenvalue weighted by Crippen LogP contribution is 2.47. The SMILES string of the molecule is C[C@H]1NP(=O)(Oc2ccccc2)OC[C@H]2O[C@@H](n3cnc4c(ncnc43)NC(=O)CCCCCOC1=O)[C@@](O)(F)[C@@H]2O. The highest BCUT2D eigenvalue weighted by Gasteiger charge is 2.58. The number of carbonyl (C=O) groups excluding carboxylic acids is 2. The van der Waals surface area contributed by atoms with Gasteiger partial charge in [-0.2, -0.15) is 5.09 Å². The number of aromatic nitrogens is 4.